The first-order valence-corrected chi connectivity index (χ1v) is 29.3. The maximum absolute atomic E-state index is 7.66. The van der Waals surface area contributed by atoms with E-state index in [1.807, 2.05) is 97.1 Å². The molecule has 10 rings (SSSR count). The maximum atomic E-state index is 7.66. The Hall–Kier alpha value is -7.30. The summed E-state index contributed by atoms with van der Waals surface area (Å²) in [4.78, 5) is 0. The van der Waals surface area contributed by atoms with E-state index in [4.69, 9.17) is 31.9 Å². The lowest BCUT2D eigenvalue weighted by Crippen LogP contribution is -2.25. The van der Waals surface area contributed by atoms with Crippen LogP contribution in [0.5, 0.6) is 40.2 Å². The van der Waals surface area contributed by atoms with Gasteiger partial charge in [0.2, 0.25) is 0 Å². The van der Waals surface area contributed by atoms with Crippen LogP contribution in [0.15, 0.2) is 182 Å². The van der Waals surface area contributed by atoms with Crippen LogP contribution in [0.3, 0.4) is 0 Å². The summed E-state index contributed by atoms with van der Waals surface area (Å²) in [5.74, 6) is 4.38. The van der Waals surface area contributed by atoms with E-state index in [2.05, 4.69) is 182 Å². The number of ether oxygens (including phenoxy) is 1. The van der Waals surface area contributed by atoms with Crippen LogP contribution in [0.4, 0.5) is 0 Å². The molecule has 79 heavy (non-hydrogen) atoms. The molecule has 0 aliphatic carbocycles. The second-order valence-corrected chi connectivity index (χ2v) is 26.5. The Kier molecular flexibility index (Phi) is 15.1. The number of benzene rings is 10. The summed E-state index contributed by atoms with van der Waals surface area (Å²) in [6, 6.07) is 61.9. The van der Waals surface area contributed by atoms with Crippen molar-refractivity contribution >= 4 is 60.3 Å². The predicted octanol–water partition coefficient (Wildman–Crippen LogP) is 21.2. The van der Waals surface area contributed by atoms with Crippen molar-refractivity contribution in [1.82, 2.24) is 0 Å². The minimum atomic E-state index is -2.24. The van der Waals surface area contributed by atoms with Crippen LogP contribution in [0.1, 0.15) is 111 Å². The fourth-order valence-electron chi connectivity index (χ4n) is 10.1. The van der Waals surface area contributed by atoms with Crippen molar-refractivity contribution in [3.05, 3.63) is 210 Å². The number of hydrogen-bond donors (Lipinski definition) is 0. The summed E-state index contributed by atoms with van der Waals surface area (Å²) >= 11 is 0. The molecule has 0 bridgehead atoms. The third-order valence-corrected chi connectivity index (χ3v) is 16.2. The minimum Gasteiger partial charge on any atom is -0.488 e. The van der Waals surface area contributed by atoms with Crippen molar-refractivity contribution in [3.8, 4) is 51.4 Å². The first-order chi connectivity index (χ1) is 37.4. The van der Waals surface area contributed by atoms with E-state index in [0.717, 1.165) is 87.8 Å². The van der Waals surface area contributed by atoms with Gasteiger partial charge in [-0.2, -0.15) is 0 Å². The molecule has 0 fully saturated rings. The van der Waals surface area contributed by atoms with Crippen molar-refractivity contribution in [1.29, 1.82) is 0 Å². The SMILES string of the molecule is Cc1c(OC(C)(C)C)cc(C(C)(C)C)c(OP(Oc2ccc3ccccc3c2)Oc2ccc3ccccc3c2)c1-c1c(C)c(C(C)(C)C)cc(C(C)(C)C)c1OP(Oc1ccc2ccccc2c1)Oc1ccc2ccccc2c1. The van der Waals surface area contributed by atoms with Crippen LogP contribution in [0, 0.1) is 13.8 Å². The van der Waals surface area contributed by atoms with Gasteiger partial charge < -0.3 is 31.9 Å². The fourth-order valence-corrected chi connectivity index (χ4v) is 12.2. The molecule has 0 saturated carbocycles. The Morgan fingerprint density at radius 3 is 0.886 bits per heavy atom. The molecule has 404 valence electrons. The van der Waals surface area contributed by atoms with Gasteiger partial charge in [-0.1, -0.05) is 190 Å². The van der Waals surface area contributed by atoms with Crippen LogP contribution < -0.4 is 31.9 Å². The largest absolute Gasteiger partial charge is 0.530 e. The van der Waals surface area contributed by atoms with Crippen LogP contribution in [0.2, 0.25) is 0 Å². The van der Waals surface area contributed by atoms with Crippen LogP contribution in [-0.4, -0.2) is 5.60 Å². The Bertz CT molecular complexity index is 3710. The average molecular weight is 1090 g/mol. The van der Waals surface area contributed by atoms with E-state index in [-0.39, 0.29) is 5.41 Å². The predicted molar refractivity (Wildman–Crippen MR) is 331 cm³/mol. The van der Waals surface area contributed by atoms with Gasteiger partial charge in [0.15, 0.2) is 0 Å². The zero-order valence-corrected chi connectivity index (χ0v) is 49.9. The topological polar surface area (TPSA) is 64.6 Å². The summed E-state index contributed by atoms with van der Waals surface area (Å²) < 4.78 is 50.6. The Morgan fingerprint density at radius 1 is 0.291 bits per heavy atom. The molecule has 0 saturated heterocycles. The van der Waals surface area contributed by atoms with Gasteiger partial charge in [0.25, 0.3) is 0 Å². The van der Waals surface area contributed by atoms with Gasteiger partial charge in [-0.3, -0.25) is 0 Å². The monoisotopic (exact) mass is 1090 g/mol. The summed E-state index contributed by atoms with van der Waals surface area (Å²) in [5, 5.41) is 8.56. The quantitative estimate of drug-likeness (QED) is 0.101. The van der Waals surface area contributed by atoms with Gasteiger partial charge in [-0.05, 0) is 160 Å². The highest BCUT2D eigenvalue weighted by Crippen LogP contribution is 2.58. The van der Waals surface area contributed by atoms with E-state index in [0.29, 0.717) is 34.5 Å². The molecule has 0 atom stereocenters. The smallest absolute Gasteiger partial charge is 0.488 e. The molecule has 0 amide bonds. The molecule has 7 nitrogen and oxygen atoms in total. The summed E-state index contributed by atoms with van der Waals surface area (Å²) in [5.41, 5.74) is 4.69. The molecule has 9 heteroatoms. The van der Waals surface area contributed by atoms with Gasteiger partial charge >= 0.3 is 17.2 Å². The van der Waals surface area contributed by atoms with Crippen molar-refractivity contribution in [2.24, 2.45) is 0 Å². The van der Waals surface area contributed by atoms with Gasteiger partial charge in [-0.25, -0.2) is 0 Å². The fraction of sp³-hybridized carbons (Fsp3) is 0.257. The van der Waals surface area contributed by atoms with Crippen molar-refractivity contribution in [3.63, 3.8) is 0 Å². The lowest BCUT2D eigenvalue weighted by molar-refractivity contribution is 0.129. The molecule has 0 aliphatic rings. The first kappa shape index (κ1) is 55.0. The summed E-state index contributed by atoms with van der Waals surface area (Å²) in [7, 11) is -4.47. The van der Waals surface area contributed by atoms with E-state index < -0.39 is 33.6 Å². The number of rotatable bonds is 14. The second kappa shape index (κ2) is 21.7. The Labute approximate surface area is 469 Å². The lowest BCUT2D eigenvalue weighted by Gasteiger charge is -2.35. The summed E-state index contributed by atoms with van der Waals surface area (Å²) in [6.45, 7) is 30.7. The van der Waals surface area contributed by atoms with Crippen LogP contribution >= 0.6 is 17.2 Å². The first-order valence-electron chi connectivity index (χ1n) is 27.1. The zero-order chi connectivity index (χ0) is 56.0. The van der Waals surface area contributed by atoms with E-state index in [9.17, 15) is 0 Å². The molecule has 0 N–H and O–H groups in total. The van der Waals surface area contributed by atoms with Gasteiger partial charge in [-0.15, -0.1) is 0 Å². The normalized spacial score (nSPS) is 12.4. The third kappa shape index (κ3) is 12.5. The van der Waals surface area contributed by atoms with E-state index >= 15 is 0 Å². The van der Waals surface area contributed by atoms with Gasteiger partial charge in [0.05, 0.1) is 0 Å². The average Bonchev–Trinajstić information content (AvgIpc) is 3.39. The van der Waals surface area contributed by atoms with Crippen molar-refractivity contribution in [2.45, 2.75) is 119 Å². The third-order valence-electron chi connectivity index (χ3n) is 14.1. The molecular formula is C70H72O7P2. The summed E-state index contributed by atoms with van der Waals surface area (Å²) in [6.07, 6.45) is 0. The molecule has 0 heterocycles. The Morgan fingerprint density at radius 2 is 0.582 bits per heavy atom. The van der Waals surface area contributed by atoms with Gasteiger partial charge in [0.1, 0.15) is 45.8 Å². The van der Waals surface area contributed by atoms with Gasteiger partial charge in [0, 0.05) is 27.8 Å². The maximum Gasteiger partial charge on any atom is 0.530 e. The van der Waals surface area contributed by atoms with Crippen molar-refractivity contribution in [2.75, 3.05) is 0 Å². The zero-order valence-electron chi connectivity index (χ0n) is 48.1. The molecule has 0 radical (unpaired) electrons. The minimum absolute atomic E-state index is 0.308. The van der Waals surface area contributed by atoms with Crippen LogP contribution in [0.25, 0.3) is 54.2 Å². The molecule has 0 aromatic heterocycles. The molecule has 0 spiro atoms. The molecule has 10 aromatic carbocycles. The van der Waals surface area contributed by atoms with Crippen molar-refractivity contribution < 1.29 is 31.9 Å². The molecule has 0 aliphatic heterocycles. The lowest BCUT2D eigenvalue weighted by atomic mass is 9.74. The standard InChI is InChI=1S/C70H72O7P2/c1-45-59(67(3,4)5)43-60(68(6,7)8)65(76-78(72-55-35-31-47-23-15-19-27-51(47)39-55)73-56-36-32-48-24-16-20-28-52(48)40-56)63(45)64-46(2)62(71-70(12,13)14)44-61(69(9,10)11)66(64)77-79(74-57-37-33-49-25-17-21-29-53(49)41-57)75-58-38-34-50-26-18-22-30-54(50)42-58/h15-44H,1-14H3. The highest BCUT2D eigenvalue weighted by molar-refractivity contribution is 7.43. The second-order valence-electron chi connectivity index (χ2n) is 24.5. The molecular weight excluding hydrogens is 1010 g/mol. The number of hydrogen-bond acceptors (Lipinski definition) is 7. The molecule has 0 unspecified atom stereocenters. The Balaban J connectivity index is 1.24. The highest BCUT2D eigenvalue weighted by Gasteiger charge is 2.38. The molecule has 10 aromatic rings. The highest BCUT2D eigenvalue weighted by atomic mass is 31.2. The van der Waals surface area contributed by atoms with E-state index in [1.165, 1.54) is 0 Å². The van der Waals surface area contributed by atoms with E-state index in [1.54, 1.807) is 0 Å². The number of fused-ring (bicyclic) bond motifs is 4. The van der Waals surface area contributed by atoms with Crippen LogP contribution in [-0.2, 0) is 16.2 Å².